The molecule has 0 saturated heterocycles. The lowest BCUT2D eigenvalue weighted by atomic mass is 10.2. The van der Waals surface area contributed by atoms with Gasteiger partial charge in [-0.1, -0.05) is 52.1 Å². The number of nitrogens with zero attached hydrogens (tertiary/aromatic N) is 2. The van der Waals surface area contributed by atoms with E-state index in [1.54, 1.807) is 24.3 Å². The van der Waals surface area contributed by atoms with Crippen LogP contribution in [0.1, 0.15) is 5.89 Å². The third kappa shape index (κ3) is 4.20. The maximum absolute atomic E-state index is 12.5. The molecular formula is C16H12Cl3N3O4S. The smallest absolute Gasteiger partial charge is 0.242 e. The van der Waals surface area contributed by atoms with Gasteiger partial charge in [0.1, 0.15) is 15.7 Å². The number of rotatable bonds is 6. The number of hydrogen-bond donors (Lipinski definition) is 1. The Morgan fingerprint density at radius 1 is 1.11 bits per heavy atom. The number of benzene rings is 2. The van der Waals surface area contributed by atoms with E-state index in [9.17, 15) is 8.42 Å². The predicted molar refractivity (Wildman–Crippen MR) is 102 cm³/mol. The molecule has 1 aromatic heterocycles. The molecule has 27 heavy (non-hydrogen) atoms. The fraction of sp³-hybridized carbons (Fsp3) is 0.125. The number of hydrogen-bond acceptors (Lipinski definition) is 6. The molecule has 0 aliphatic heterocycles. The van der Waals surface area contributed by atoms with Crippen LogP contribution in [-0.4, -0.2) is 25.7 Å². The Morgan fingerprint density at radius 2 is 1.85 bits per heavy atom. The van der Waals surface area contributed by atoms with Gasteiger partial charge in [0.05, 0.1) is 23.7 Å². The van der Waals surface area contributed by atoms with Gasteiger partial charge in [-0.3, -0.25) is 0 Å². The predicted octanol–water partition coefficient (Wildman–Crippen LogP) is 4.18. The summed E-state index contributed by atoms with van der Waals surface area (Å²) in [7, 11) is -2.58. The van der Waals surface area contributed by atoms with Crippen LogP contribution in [0.2, 0.25) is 15.1 Å². The third-order valence-electron chi connectivity index (χ3n) is 3.52. The van der Waals surface area contributed by atoms with E-state index >= 15 is 0 Å². The number of sulfonamides is 1. The van der Waals surface area contributed by atoms with Crippen molar-refractivity contribution >= 4 is 44.8 Å². The largest absolute Gasteiger partial charge is 0.495 e. The maximum atomic E-state index is 12.5. The topological polar surface area (TPSA) is 94.3 Å². The van der Waals surface area contributed by atoms with Crippen molar-refractivity contribution in [3.8, 4) is 17.1 Å². The fourth-order valence-corrected chi connectivity index (χ4v) is 4.23. The zero-order valence-corrected chi connectivity index (χ0v) is 16.8. The summed E-state index contributed by atoms with van der Waals surface area (Å²) in [4.78, 5) is 3.94. The van der Waals surface area contributed by atoms with Crippen LogP contribution in [0.4, 0.5) is 0 Å². The summed E-state index contributed by atoms with van der Waals surface area (Å²) in [6, 6.07) is 9.65. The lowest BCUT2D eigenvalue weighted by Crippen LogP contribution is -2.23. The normalized spacial score (nSPS) is 11.6. The van der Waals surface area contributed by atoms with Crippen LogP contribution in [0.25, 0.3) is 11.4 Å². The lowest BCUT2D eigenvalue weighted by molar-refractivity contribution is 0.376. The molecule has 11 heteroatoms. The average Bonchev–Trinajstić information content (AvgIpc) is 3.11. The van der Waals surface area contributed by atoms with Crippen LogP contribution in [-0.2, 0) is 16.6 Å². The first kappa shape index (κ1) is 19.9. The van der Waals surface area contributed by atoms with E-state index in [4.69, 9.17) is 44.1 Å². The molecule has 7 nitrogen and oxygen atoms in total. The SMILES string of the molecule is COc1ccc(S(=O)(=O)NCc2nc(-c3ccccc3Cl)no2)c(Cl)c1Cl. The molecule has 1 N–H and O–H groups in total. The summed E-state index contributed by atoms with van der Waals surface area (Å²) in [5.41, 5.74) is 0.571. The summed E-state index contributed by atoms with van der Waals surface area (Å²) >= 11 is 18.1. The number of nitrogens with one attached hydrogen (secondary N) is 1. The fourth-order valence-electron chi connectivity index (χ4n) is 2.19. The Kier molecular flexibility index (Phi) is 5.92. The average molecular weight is 449 g/mol. The summed E-state index contributed by atoms with van der Waals surface area (Å²) in [6.45, 7) is -0.236. The zero-order chi connectivity index (χ0) is 19.6. The summed E-state index contributed by atoms with van der Waals surface area (Å²) in [5.74, 6) is 0.575. The standard InChI is InChI=1S/C16H12Cl3N3O4S/c1-25-11-6-7-12(15(19)14(11)18)27(23,24)20-8-13-21-16(22-26-13)9-4-2-3-5-10(9)17/h2-7,20H,8H2,1H3. The number of aromatic nitrogens is 2. The molecule has 0 aliphatic carbocycles. The van der Waals surface area contributed by atoms with Crippen LogP contribution in [0, 0.1) is 0 Å². The molecule has 3 rings (SSSR count). The molecule has 0 fully saturated rings. The molecule has 0 atom stereocenters. The van der Waals surface area contributed by atoms with E-state index in [0.29, 0.717) is 10.6 Å². The first-order chi connectivity index (χ1) is 12.8. The van der Waals surface area contributed by atoms with Crippen molar-refractivity contribution in [1.82, 2.24) is 14.9 Å². The number of methoxy groups -OCH3 is 1. The van der Waals surface area contributed by atoms with Crippen LogP contribution in [0.15, 0.2) is 45.8 Å². The van der Waals surface area contributed by atoms with E-state index in [2.05, 4.69) is 14.9 Å². The van der Waals surface area contributed by atoms with Crippen molar-refractivity contribution in [2.45, 2.75) is 11.4 Å². The van der Waals surface area contributed by atoms with Crippen LogP contribution in [0.3, 0.4) is 0 Å². The van der Waals surface area contributed by atoms with Crippen molar-refractivity contribution in [2.75, 3.05) is 7.11 Å². The van der Waals surface area contributed by atoms with Crippen LogP contribution in [0.5, 0.6) is 5.75 Å². The van der Waals surface area contributed by atoms with Gasteiger partial charge in [0, 0.05) is 5.56 Å². The van der Waals surface area contributed by atoms with Gasteiger partial charge in [-0.2, -0.15) is 4.98 Å². The van der Waals surface area contributed by atoms with Crippen LogP contribution >= 0.6 is 34.8 Å². The molecule has 0 radical (unpaired) electrons. The minimum Gasteiger partial charge on any atom is -0.495 e. The molecule has 0 saturated carbocycles. The second-order valence-electron chi connectivity index (χ2n) is 5.21. The van der Waals surface area contributed by atoms with Gasteiger partial charge in [0.15, 0.2) is 0 Å². The van der Waals surface area contributed by atoms with Gasteiger partial charge < -0.3 is 9.26 Å². The van der Waals surface area contributed by atoms with Crippen LogP contribution < -0.4 is 9.46 Å². The van der Waals surface area contributed by atoms with Gasteiger partial charge in [0.2, 0.25) is 21.7 Å². The molecule has 0 aliphatic rings. The monoisotopic (exact) mass is 447 g/mol. The third-order valence-corrected chi connectivity index (χ3v) is 6.27. The second kappa shape index (κ2) is 8.04. The summed E-state index contributed by atoms with van der Waals surface area (Å²) in [5, 5.41) is 4.11. The van der Waals surface area contributed by atoms with E-state index in [1.165, 1.54) is 19.2 Å². The van der Waals surface area contributed by atoms with Crippen molar-refractivity contribution in [3.63, 3.8) is 0 Å². The highest BCUT2D eigenvalue weighted by atomic mass is 35.5. The van der Waals surface area contributed by atoms with Gasteiger partial charge in [-0.25, -0.2) is 13.1 Å². The van der Waals surface area contributed by atoms with Crippen molar-refractivity contribution in [2.24, 2.45) is 0 Å². The molecule has 3 aromatic rings. The highest BCUT2D eigenvalue weighted by molar-refractivity contribution is 7.89. The molecule has 2 aromatic carbocycles. The van der Waals surface area contributed by atoms with Gasteiger partial charge in [-0.05, 0) is 24.3 Å². The molecular weight excluding hydrogens is 437 g/mol. The second-order valence-corrected chi connectivity index (χ2v) is 8.11. The quantitative estimate of drug-likeness (QED) is 0.608. The van der Waals surface area contributed by atoms with Gasteiger partial charge in [-0.15, -0.1) is 0 Å². The molecule has 0 amide bonds. The molecule has 1 heterocycles. The Labute approximate surface area is 170 Å². The van der Waals surface area contributed by atoms with Gasteiger partial charge in [0.25, 0.3) is 0 Å². The minimum absolute atomic E-state index is 0.000776. The number of halogens is 3. The molecule has 0 bridgehead atoms. The van der Waals surface area contributed by atoms with E-state index in [1.807, 2.05) is 0 Å². The van der Waals surface area contributed by atoms with E-state index < -0.39 is 10.0 Å². The highest BCUT2D eigenvalue weighted by Gasteiger charge is 2.23. The molecule has 0 spiro atoms. The minimum atomic E-state index is -3.98. The van der Waals surface area contributed by atoms with Crippen molar-refractivity contribution in [1.29, 1.82) is 0 Å². The molecule has 142 valence electrons. The van der Waals surface area contributed by atoms with E-state index in [-0.39, 0.29) is 39.0 Å². The van der Waals surface area contributed by atoms with Gasteiger partial charge >= 0.3 is 0 Å². The van der Waals surface area contributed by atoms with Crippen molar-refractivity contribution < 1.29 is 17.7 Å². The lowest BCUT2D eigenvalue weighted by Gasteiger charge is -2.10. The summed E-state index contributed by atoms with van der Waals surface area (Å²) < 4.78 is 37.4. The van der Waals surface area contributed by atoms with E-state index in [0.717, 1.165) is 0 Å². The number of ether oxygens (including phenoxy) is 1. The Bertz CT molecular complexity index is 1090. The zero-order valence-electron chi connectivity index (χ0n) is 13.7. The molecule has 0 unspecified atom stereocenters. The Balaban J connectivity index is 1.79. The van der Waals surface area contributed by atoms with Crippen molar-refractivity contribution in [3.05, 3.63) is 57.4 Å². The highest BCUT2D eigenvalue weighted by Crippen LogP contribution is 2.36. The maximum Gasteiger partial charge on any atom is 0.242 e. The Hall–Kier alpha value is -1.84. The first-order valence-corrected chi connectivity index (χ1v) is 10.0. The first-order valence-electron chi connectivity index (χ1n) is 7.42. The Morgan fingerprint density at radius 3 is 2.56 bits per heavy atom. The summed E-state index contributed by atoms with van der Waals surface area (Å²) in [6.07, 6.45) is 0.